The average molecular weight is 264 g/mol. The zero-order valence-corrected chi connectivity index (χ0v) is 11.6. The van der Waals surface area contributed by atoms with Crippen LogP contribution in [0.3, 0.4) is 0 Å². The summed E-state index contributed by atoms with van der Waals surface area (Å²) < 4.78 is 10.3. The Morgan fingerprint density at radius 2 is 1.89 bits per heavy atom. The second kappa shape index (κ2) is 7.56. The topological polar surface area (TPSA) is 52.6 Å². The van der Waals surface area contributed by atoms with E-state index in [1.54, 1.807) is 24.3 Å². The molecule has 104 valence electrons. The van der Waals surface area contributed by atoms with Crippen molar-refractivity contribution in [3.05, 3.63) is 29.8 Å². The van der Waals surface area contributed by atoms with Gasteiger partial charge >= 0.3 is 11.9 Å². The minimum atomic E-state index is -0.463. The number of esters is 2. The molecule has 0 aliphatic carbocycles. The molecule has 0 unspecified atom stereocenters. The van der Waals surface area contributed by atoms with Crippen molar-refractivity contribution >= 4 is 11.9 Å². The fraction of sp³-hybridized carbons (Fsp3) is 0.467. The molecule has 0 amide bonds. The Morgan fingerprint density at radius 1 is 1.21 bits per heavy atom. The molecule has 4 nitrogen and oxygen atoms in total. The molecule has 19 heavy (non-hydrogen) atoms. The van der Waals surface area contributed by atoms with Gasteiger partial charge in [0, 0.05) is 6.42 Å². The van der Waals surface area contributed by atoms with Crippen LogP contribution < -0.4 is 4.74 Å². The fourth-order valence-corrected chi connectivity index (χ4v) is 1.49. The third-order valence-electron chi connectivity index (χ3n) is 2.34. The standard InChI is InChI=1S/C15H20O4/c1-4-9-18-15(17)12-7-5-6-8-13(12)19-14(16)10-11(2)3/h5-8,11H,4,9-10H2,1-3H3. The molecule has 1 rings (SSSR count). The largest absolute Gasteiger partial charge is 0.462 e. The smallest absolute Gasteiger partial charge is 0.341 e. The van der Waals surface area contributed by atoms with Crippen molar-refractivity contribution in [2.45, 2.75) is 33.6 Å². The average Bonchev–Trinajstić information content (AvgIpc) is 2.35. The van der Waals surface area contributed by atoms with E-state index in [9.17, 15) is 9.59 Å². The van der Waals surface area contributed by atoms with Crippen LogP contribution in [-0.2, 0) is 9.53 Å². The lowest BCUT2D eigenvalue weighted by atomic mass is 10.1. The Morgan fingerprint density at radius 3 is 2.53 bits per heavy atom. The highest BCUT2D eigenvalue weighted by Crippen LogP contribution is 2.20. The number of ether oxygens (including phenoxy) is 2. The van der Waals surface area contributed by atoms with Crippen LogP contribution in [0.1, 0.15) is 44.0 Å². The van der Waals surface area contributed by atoms with Gasteiger partial charge in [0.25, 0.3) is 0 Å². The lowest BCUT2D eigenvalue weighted by Crippen LogP contribution is -2.14. The normalized spacial score (nSPS) is 10.3. The van der Waals surface area contributed by atoms with Crippen molar-refractivity contribution in [1.29, 1.82) is 0 Å². The molecule has 0 aromatic heterocycles. The van der Waals surface area contributed by atoms with Crippen LogP contribution in [0.2, 0.25) is 0 Å². The molecular weight excluding hydrogens is 244 g/mol. The van der Waals surface area contributed by atoms with Gasteiger partial charge in [0.1, 0.15) is 11.3 Å². The van der Waals surface area contributed by atoms with E-state index in [4.69, 9.17) is 9.47 Å². The van der Waals surface area contributed by atoms with Crippen LogP contribution in [0.25, 0.3) is 0 Å². The molecule has 0 radical (unpaired) electrons. The SMILES string of the molecule is CCCOC(=O)c1ccccc1OC(=O)CC(C)C. The second-order valence-corrected chi connectivity index (χ2v) is 4.70. The van der Waals surface area contributed by atoms with Gasteiger partial charge < -0.3 is 9.47 Å². The fourth-order valence-electron chi connectivity index (χ4n) is 1.49. The van der Waals surface area contributed by atoms with E-state index >= 15 is 0 Å². The van der Waals surface area contributed by atoms with Gasteiger partial charge in [-0.1, -0.05) is 32.9 Å². The van der Waals surface area contributed by atoms with Crippen molar-refractivity contribution in [2.75, 3.05) is 6.61 Å². The zero-order valence-electron chi connectivity index (χ0n) is 11.6. The van der Waals surface area contributed by atoms with Crippen LogP contribution in [-0.4, -0.2) is 18.5 Å². The zero-order chi connectivity index (χ0) is 14.3. The molecule has 1 aromatic rings. The van der Waals surface area contributed by atoms with Gasteiger partial charge in [-0.2, -0.15) is 0 Å². The van der Waals surface area contributed by atoms with Crippen LogP contribution in [0.5, 0.6) is 5.75 Å². The quantitative estimate of drug-likeness (QED) is 0.585. The van der Waals surface area contributed by atoms with Crippen molar-refractivity contribution < 1.29 is 19.1 Å². The van der Waals surface area contributed by atoms with E-state index in [1.165, 1.54) is 0 Å². The van der Waals surface area contributed by atoms with Crippen molar-refractivity contribution in [3.63, 3.8) is 0 Å². The third kappa shape index (κ3) is 5.12. The number of rotatable bonds is 6. The highest BCUT2D eigenvalue weighted by atomic mass is 16.5. The summed E-state index contributed by atoms with van der Waals surface area (Å²) in [7, 11) is 0. The van der Waals surface area contributed by atoms with E-state index in [0.717, 1.165) is 6.42 Å². The number of carbonyl (C=O) groups excluding carboxylic acids is 2. The van der Waals surface area contributed by atoms with Gasteiger partial charge in [-0.3, -0.25) is 4.79 Å². The third-order valence-corrected chi connectivity index (χ3v) is 2.34. The van der Waals surface area contributed by atoms with Gasteiger partial charge in [0.15, 0.2) is 0 Å². The molecule has 0 N–H and O–H groups in total. The van der Waals surface area contributed by atoms with E-state index in [0.29, 0.717) is 13.0 Å². The van der Waals surface area contributed by atoms with Gasteiger partial charge in [-0.05, 0) is 24.5 Å². The monoisotopic (exact) mass is 264 g/mol. The maximum atomic E-state index is 11.8. The highest BCUT2D eigenvalue weighted by molar-refractivity contribution is 5.93. The Kier molecular flexibility index (Phi) is 6.06. The first kappa shape index (κ1) is 15.2. The lowest BCUT2D eigenvalue weighted by Gasteiger charge is -2.10. The molecule has 0 spiro atoms. The van der Waals surface area contributed by atoms with Crippen LogP contribution in [0.15, 0.2) is 24.3 Å². The number of hydrogen-bond donors (Lipinski definition) is 0. The first-order valence-electron chi connectivity index (χ1n) is 6.51. The molecular formula is C15H20O4. The van der Waals surface area contributed by atoms with E-state index < -0.39 is 5.97 Å². The van der Waals surface area contributed by atoms with Crippen molar-refractivity contribution in [1.82, 2.24) is 0 Å². The summed E-state index contributed by atoms with van der Waals surface area (Å²) in [5, 5.41) is 0. The van der Waals surface area contributed by atoms with E-state index in [2.05, 4.69) is 0 Å². The van der Waals surface area contributed by atoms with Crippen LogP contribution in [0.4, 0.5) is 0 Å². The Hall–Kier alpha value is -1.84. The van der Waals surface area contributed by atoms with Crippen molar-refractivity contribution in [2.24, 2.45) is 5.92 Å². The number of carbonyl (C=O) groups is 2. The van der Waals surface area contributed by atoms with Crippen molar-refractivity contribution in [3.8, 4) is 5.75 Å². The van der Waals surface area contributed by atoms with E-state index in [-0.39, 0.29) is 23.2 Å². The minimum absolute atomic E-state index is 0.215. The summed E-state index contributed by atoms with van der Waals surface area (Å²) in [6, 6.07) is 6.62. The van der Waals surface area contributed by atoms with E-state index in [1.807, 2.05) is 20.8 Å². The molecule has 0 aliphatic heterocycles. The second-order valence-electron chi connectivity index (χ2n) is 4.70. The molecule has 0 saturated carbocycles. The summed E-state index contributed by atoms with van der Waals surface area (Å²) in [6.07, 6.45) is 1.07. The van der Waals surface area contributed by atoms with Gasteiger partial charge in [0.2, 0.25) is 0 Å². The maximum Gasteiger partial charge on any atom is 0.341 e. The Labute approximate surface area is 113 Å². The summed E-state index contributed by atoms with van der Waals surface area (Å²) in [6.45, 7) is 6.14. The minimum Gasteiger partial charge on any atom is -0.462 e. The summed E-state index contributed by atoms with van der Waals surface area (Å²) >= 11 is 0. The summed E-state index contributed by atoms with van der Waals surface area (Å²) in [5.41, 5.74) is 0.285. The Balaban J connectivity index is 2.78. The molecule has 0 saturated heterocycles. The highest BCUT2D eigenvalue weighted by Gasteiger charge is 2.16. The predicted octanol–water partition coefficient (Wildman–Crippen LogP) is 3.20. The summed E-state index contributed by atoms with van der Waals surface area (Å²) in [5.74, 6) is -0.332. The van der Waals surface area contributed by atoms with Gasteiger partial charge in [0.05, 0.1) is 6.61 Å². The molecule has 0 aliphatic rings. The molecule has 1 aromatic carbocycles. The number of benzene rings is 1. The van der Waals surface area contributed by atoms with Crippen LogP contribution in [0, 0.1) is 5.92 Å². The van der Waals surface area contributed by atoms with Gasteiger partial charge in [-0.15, -0.1) is 0 Å². The number of para-hydroxylation sites is 1. The maximum absolute atomic E-state index is 11.8. The lowest BCUT2D eigenvalue weighted by molar-refractivity contribution is -0.135. The first-order chi connectivity index (χ1) is 9.04. The predicted molar refractivity (Wildman–Crippen MR) is 72.1 cm³/mol. The first-order valence-corrected chi connectivity index (χ1v) is 6.51. The van der Waals surface area contributed by atoms with Gasteiger partial charge in [-0.25, -0.2) is 4.79 Å². The molecule has 0 heterocycles. The van der Waals surface area contributed by atoms with Crippen LogP contribution >= 0.6 is 0 Å². The molecule has 0 fully saturated rings. The Bertz CT molecular complexity index is 438. The molecule has 0 atom stereocenters. The molecule has 0 bridgehead atoms. The number of hydrogen-bond acceptors (Lipinski definition) is 4. The molecule has 4 heteroatoms. The summed E-state index contributed by atoms with van der Waals surface area (Å²) in [4.78, 5) is 23.5.